The molecule has 3 nitrogen and oxygen atoms in total. The van der Waals surface area contributed by atoms with E-state index in [1.54, 1.807) is 0 Å². The smallest absolute Gasteiger partial charge is 0.197 e. The maximum Gasteiger partial charge on any atom is 0.197 e. The second kappa shape index (κ2) is 3.46. The molecular weight excluding hydrogens is 176 g/mol. The van der Waals surface area contributed by atoms with E-state index in [0.29, 0.717) is 11.8 Å². The first kappa shape index (κ1) is 9.84. The van der Waals surface area contributed by atoms with E-state index in [4.69, 9.17) is 20.1 Å². The van der Waals surface area contributed by atoms with Crippen molar-refractivity contribution in [3.05, 3.63) is 17.8 Å². The number of aliphatic hydroxyl groups is 1. The van der Waals surface area contributed by atoms with Gasteiger partial charge in [0.25, 0.3) is 0 Å². The maximum atomic E-state index is 9.28. The second-order valence-electron chi connectivity index (χ2n) is 3.88. The van der Waals surface area contributed by atoms with Gasteiger partial charge in [0.1, 0.15) is 22.0 Å². The molecule has 0 atom stereocenters. The van der Waals surface area contributed by atoms with Gasteiger partial charge in [0.05, 0.1) is 5.69 Å². The first-order valence-corrected chi connectivity index (χ1v) is 4.83. The van der Waals surface area contributed by atoms with Crippen molar-refractivity contribution in [3.8, 4) is 0 Å². The third-order valence-electron chi connectivity index (χ3n) is 2.64. The molecule has 0 saturated heterocycles. The van der Waals surface area contributed by atoms with Crippen LogP contribution in [0.3, 0.4) is 0 Å². The van der Waals surface area contributed by atoms with Crippen molar-refractivity contribution in [2.45, 2.75) is 37.0 Å². The van der Waals surface area contributed by atoms with E-state index in [1.165, 1.54) is 19.1 Å². The lowest BCUT2D eigenvalue weighted by atomic mass is 9.64. The van der Waals surface area contributed by atoms with Crippen molar-refractivity contribution >= 4 is 15.7 Å². The van der Waals surface area contributed by atoms with Crippen molar-refractivity contribution in [3.63, 3.8) is 0 Å². The van der Waals surface area contributed by atoms with Gasteiger partial charge >= 0.3 is 0 Å². The van der Waals surface area contributed by atoms with Crippen molar-refractivity contribution in [2.75, 3.05) is 0 Å². The molecule has 14 heavy (non-hydrogen) atoms. The Bertz CT molecular complexity index is 313. The van der Waals surface area contributed by atoms with Crippen LogP contribution in [0.2, 0.25) is 0 Å². The monoisotopic (exact) mass is 187 g/mol. The van der Waals surface area contributed by atoms with E-state index < -0.39 is 5.40 Å². The summed E-state index contributed by atoms with van der Waals surface area (Å²) in [5.41, 5.74) is 0.194. The minimum atomic E-state index is -1.89. The fourth-order valence-electron chi connectivity index (χ4n) is 1.83. The van der Waals surface area contributed by atoms with Gasteiger partial charge in [-0.05, 0) is 12.8 Å². The molecule has 0 bridgehead atoms. The van der Waals surface area contributed by atoms with Gasteiger partial charge in [-0.2, -0.15) is 0 Å². The molecule has 2 rings (SSSR count). The fraction of sp³-hybridized carbons (Fsp3) is 0.667. The number of oxazole rings is 1. The topological polar surface area (TPSA) is 46.3 Å². The van der Waals surface area contributed by atoms with Crippen LogP contribution in [0, 0.1) is 0 Å². The molecule has 0 amide bonds. The molecule has 0 aliphatic heterocycles. The summed E-state index contributed by atoms with van der Waals surface area (Å²) < 4.78 is 5.24. The number of aromatic nitrogens is 1. The molecule has 1 heterocycles. The summed E-state index contributed by atoms with van der Waals surface area (Å²) in [5, 5.41) is 7.39. The third kappa shape index (κ3) is 1.87. The van der Waals surface area contributed by atoms with Gasteiger partial charge in [0.2, 0.25) is 0 Å². The Morgan fingerprint density at radius 2 is 2.07 bits per heavy atom. The van der Waals surface area contributed by atoms with Crippen molar-refractivity contribution in [2.24, 2.45) is 0 Å². The van der Waals surface area contributed by atoms with E-state index in [-0.39, 0.29) is 5.69 Å². The Hall–Kier alpha value is -0.700. The lowest BCUT2D eigenvalue weighted by molar-refractivity contribution is 0.211. The van der Waals surface area contributed by atoms with Crippen molar-refractivity contribution < 1.29 is 9.52 Å². The normalized spacial score (nSPS) is 18.9. The summed E-state index contributed by atoms with van der Waals surface area (Å²) in [6.45, 7) is 0. The highest BCUT2D eigenvalue weighted by Gasteiger charge is 2.25. The Kier molecular flexibility index (Phi) is 2.43. The molecule has 0 spiro atoms. The van der Waals surface area contributed by atoms with Crippen LogP contribution in [0.5, 0.6) is 0 Å². The van der Waals surface area contributed by atoms with Gasteiger partial charge in [-0.25, -0.2) is 4.98 Å². The van der Waals surface area contributed by atoms with E-state index in [0.717, 1.165) is 12.8 Å². The highest BCUT2D eigenvalue weighted by Crippen LogP contribution is 2.33. The molecule has 0 aromatic carbocycles. The van der Waals surface area contributed by atoms with Crippen LogP contribution in [0.4, 0.5) is 0 Å². The first-order chi connectivity index (χ1) is 6.57. The Balaban J connectivity index is 2.17. The van der Waals surface area contributed by atoms with Gasteiger partial charge in [-0.15, -0.1) is 0 Å². The fourth-order valence-corrected chi connectivity index (χ4v) is 1.83. The van der Waals surface area contributed by atoms with E-state index in [1.807, 2.05) is 0 Å². The standard InChI is InChI=1S/C9H11B2NO2/c10-9(11,13)7-5-14-8(12-7)6-3-1-2-4-6/h5-6,13H,1-4H2. The number of hydrogen-bond donors (Lipinski definition) is 1. The zero-order valence-corrected chi connectivity index (χ0v) is 7.94. The minimum absolute atomic E-state index is 0.194. The molecule has 0 unspecified atom stereocenters. The average Bonchev–Trinajstić information content (AvgIpc) is 2.73. The van der Waals surface area contributed by atoms with E-state index in [2.05, 4.69) is 4.98 Å². The maximum absolute atomic E-state index is 9.28. The molecule has 1 saturated carbocycles. The van der Waals surface area contributed by atoms with Crippen LogP contribution in [-0.2, 0) is 5.40 Å². The van der Waals surface area contributed by atoms with Gasteiger partial charge in [-0.1, -0.05) is 12.8 Å². The van der Waals surface area contributed by atoms with Crippen LogP contribution in [0.15, 0.2) is 10.7 Å². The lowest BCUT2D eigenvalue weighted by Gasteiger charge is -2.13. The Labute approximate surface area is 85.7 Å². The number of nitrogens with zero attached hydrogens (tertiary/aromatic N) is 1. The molecule has 1 fully saturated rings. The molecule has 1 aromatic rings. The SMILES string of the molecule is [B]C([B])(O)c1coc(C2CCCC2)n1. The molecule has 1 N–H and O–H groups in total. The second-order valence-corrected chi connectivity index (χ2v) is 3.88. The highest BCUT2D eigenvalue weighted by atomic mass is 16.3. The van der Waals surface area contributed by atoms with Gasteiger partial charge in [0.15, 0.2) is 5.89 Å². The largest absolute Gasteiger partial charge is 0.448 e. The molecular formula is C9H11B2NO2. The van der Waals surface area contributed by atoms with Crippen molar-refractivity contribution in [1.82, 2.24) is 4.98 Å². The summed E-state index contributed by atoms with van der Waals surface area (Å²) >= 11 is 0. The average molecular weight is 187 g/mol. The molecule has 70 valence electrons. The quantitative estimate of drug-likeness (QED) is 0.695. The molecule has 1 aromatic heterocycles. The van der Waals surface area contributed by atoms with E-state index in [9.17, 15) is 5.11 Å². The highest BCUT2D eigenvalue weighted by molar-refractivity contribution is 6.38. The van der Waals surface area contributed by atoms with Crippen LogP contribution < -0.4 is 0 Å². The van der Waals surface area contributed by atoms with Crippen LogP contribution in [0.25, 0.3) is 0 Å². The summed E-state index contributed by atoms with van der Waals surface area (Å²) in [6, 6.07) is 0. The first-order valence-electron chi connectivity index (χ1n) is 4.83. The molecule has 1 aliphatic carbocycles. The molecule has 4 radical (unpaired) electrons. The summed E-state index contributed by atoms with van der Waals surface area (Å²) in [4.78, 5) is 4.10. The summed E-state index contributed by atoms with van der Waals surface area (Å²) in [7, 11) is 10.6. The van der Waals surface area contributed by atoms with E-state index >= 15 is 0 Å². The zero-order valence-electron chi connectivity index (χ0n) is 7.94. The Morgan fingerprint density at radius 3 is 2.57 bits per heavy atom. The third-order valence-corrected chi connectivity index (χ3v) is 2.64. The van der Waals surface area contributed by atoms with Crippen LogP contribution in [-0.4, -0.2) is 25.8 Å². The van der Waals surface area contributed by atoms with Gasteiger partial charge in [-0.3, -0.25) is 0 Å². The zero-order chi connectivity index (χ0) is 10.2. The molecule has 5 heteroatoms. The van der Waals surface area contributed by atoms with Crippen LogP contribution in [0.1, 0.15) is 43.2 Å². The van der Waals surface area contributed by atoms with Crippen LogP contribution >= 0.6 is 0 Å². The lowest BCUT2D eigenvalue weighted by Crippen LogP contribution is -2.26. The summed E-state index contributed by atoms with van der Waals surface area (Å²) in [5.74, 6) is 1.01. The Morgan fingerprint density at radius 1 is 1.43 bits per heavy atom. The number of hydrogen-bond acceptors (Lipinski definition) is 3. The van der Waals surface area contributed by atoms with Gasteiger partial charge in [0, 0.05) is 11.3 Å². The van der Waals surface area contributed by atoms with Crippen molar-refractivity contribution in [1.29, 1.82) is 0 Å². The number of rotatable bonds is 2. The van der Waals surface area contributed by atoms with Gasteiger partial charge < -0.3 is 9.52 Å². The summed E-state index contributed by atoms with van der Waals surface area (Å²) in [6.07, 6.45) is 5.92. The minimum Gasteiger partial charge on any atom is -0.448 e. The molecule has 1 aliphatic rings. The predicted molar refractivity (Wildman–Crippen MR) is 53.1 cm³/mol. The predicted octanol–water partition coefficient (Wildman–Crippen LogP) is 0.772.